The third-order valence-electron chi connectivity index (χ3n) is 4.69. The number of aromatic nitrogens is 1. The Labute approximate surface area is 142 Å². The maximum Gasteiger partial charge on any atom is 0.128 e. The predicted octanol–water partition coefficient (Wildman–Crippen LogP) is 3.00. The number of hydrogen-bond acceptors (Lipinski definition) is 5. The summed E-state index contributed by atoms with van der Waals surface area (Å²) >= 11 is 0. The number of benzene rings is 1. The number of ether oxygens (including phenoxy) is 1. The van der Waals surface area contributed by atoms with Gasteiger partial charge in [0.2, 0.25) is 0 Å². The summed E-state index contributed by atoms with van der Waals surface area (Å²) in [6.45, 7) is 3.67. The highest BCUT2D eigenvalue weighted by Crippen LogP contribution is 2.26. The fourth-order valence-electron chi connectivity index (χ4n) is 3.38. The molecular weight excluding hydrogens is 302 g/mol. The Morgan fingerprint density at radius 1 is 1.38 bits per heavy atom. The van der Waals surface area contributed by atoms with Crippen LogP contribution < -0.4 is 5.32 Å². The number of aliphatic hydroxyl groups excluding tert-OH is 1. The number of nitrogens with one attached hydrogen (secondary N) is 1. The first kappa shape index (κ1) is 16.7. The molecule has 24 heavy (non-hydrogen) atoms. The van der Waals surface area contributed by atoms with Gasteiger partial charge in [0.05, 0.1) is 17.1 Å². The number of fused-ring (bicyclic) bond motifs is 1. The minimum absolute atomic E-state index is 0.132. The lowest BCUT2D eigenvalue weighted by Crippen LogP contribution is -2.34. The van der Waals surface area contributed by atoms with Gasteiger partial charge in [-0.2, -0.15) is 5.26 Å². The molecule has 1 atom stereocenters. The highest BCUT2D eigenvalue weighted by Gasteiger charge is 2.24. The van der Waals surface area contributed by atoms with E-state index in [1.54, 1.807) is 0 Å². The summed E-state index contributed by atoms with van der Waals surface area (Å²) in [5, 5.41) is 23.2. The van der Waals surface area contributed by atoms with E-state index in [2.05, 4.69) is 16.4 Å². The van der Waals surface area contributed by atoms with Gasteiger partial charge in [0.1, 0.15) is 5.82 Å². The molecule has 1 fully saturated rings. The Morgan fingerprint density at radius 2 is 2.17 bits per heavy atom. The Bertz CT molecular complexity index is 748. The first-order valence-corrected chi connectivity index (χ1v) is 8.48. The molecular formula is C19H23N3O2. The second-order valence-corrected chi connectivity index (χ2v) is 6.40. The summed E-state index contributed by atoms with van der Waals surface area (Å²) in [7, 11) is 0. The fraction of sp³-hybridized carbons (Fsp3) is 0.474. The van der Waals surface area contributed by atoms with Crippen LogP contribution in [0.2, 0.25) is 0 Å². The summed E-state index contributed by atoms with van der Waals surface area (Å²) in [6, 6.07) is 10.2. The van der Waals surface area contributed by atoms with Crippen molar-refractivity contribution in [3.05, 3.63) is 35.4 Å². The molecule has 0 saturated carbocycles. The fourth-order valence-corrected chi connectivity index (χ4v) is 3.38. The third-order valence-corrected chi connectivity index (χ3v) is 4.69. The van der Waals surface area contributed by atoms with Gasteiger partial charge in [-0.05, 0) is 50.3 Å². The molecule has 1 aromatic carbocycles. The summed E-state index contributed by atoms with van der Waals surface area (Å²) in [5.74, 6) is 1.15. The maximum atomic E-state index is 9.48. The Hall–Kier alpha value is -2.16. The molecule has 5 nitrogen and oxygen atoms in total. The first-order chi connectivity index (χ1) is 11.7. The van der Waals surface area contributed by atoms with E-state index in [9.17, 15) is 10.4 Å². The van der Waals surface area contributed by atoms with E-state index in [0.717, 1.165) is 42.5 Å². The van der Waals surface area contributed by atoms with Crippen molar-refractivity contribution < 1.29 is 9.84 Å². The van der Waals surface area contributed by atoms with Gasteiger partial charge in [0, 0.05) is 31.2 Å². The van der Waals surface area contributed by atoms with Gasteiger partial charge in [-0.3, -0.25) is 0 Å². The van der Waals surface area contributed by atoms with Gasteiger partial charge in [0.25, 0.3) is 0 Å². The molecule has 126 valence electrons. The molecule has 1 aromatic heterocycles. The van der Waals surface area contributed by atoms with Crippen LogP contribution >= 0.6 is 0 Å². The molecule has 0 aliphatic carbocycles. The molecule has 0 bridgehead atoms. The van der Waals surface area contributed by atoms with E-state index < -0.39 is 0 Å². The topological polar surface area (TPSA) is 78.2 Å². The van der Waals surface area contributed by atoms with Gasteiger partial charge in [0.15, 0.2) is 0 Å². The van der Waals surface area contributed by atoms with Gasteiger partial charge >= 0.3 is 0 Å². The SMILES string of the molecule is Cc1ccc2nc(NC(CCO)C3CCOCC3)cc(C#N)c2c1. The highest BCUT2D eigenvalue weighted by molar-refractivity contribution is 5.87. The van der Waals surface area contributed by atoms with Gasteiger partial charge < -0.3 is 15.2 Å². The molecule has 0 amide bonds. The van der Waals surface area contributed by atoms with E-state index in [1.165, 1.54) is 0 Å². The number of nitriles is 1. The Balaban J connectivity index is 1.89. The number of nitrogens with zero attached hydrogens (tertiary/aromatic N) is 2. The smallest absolute Gasteiger partial charge is 0.128 e. The number of pyridine rings is 1. The van der Waals surface area contributed by atoms with Crippen LogP contribution in [0.25, 0.3) is 10.9 Å². The lowest BCUT2D eigenvalue weighted by atomic mass is 9.90. The van der Waals surface area contributed by atoms with E-state index in [1.807, 2.05) is 31.2 Å². The minimum atomic E-state index is 0.132. The van der Waals surface area contributed by atoms with Gasteiger partial charge in [-0.1, -0.05) is 11.6 Å². The van der Waals surface area contributed by atoms with Crippen LogP contribution in [-0.4, -0.2) is 36.0 Å². The van der Waals surface area contributed by atoms with Gasteiger partial charge in [-0.25, -0.2) is 4.98 Å². The van der Waals surface area contributed by atoms with Crippen molar-refractivity contribution in [2.45, 2.75) is 32.2 Å². The molecule has 3 rings (SSSR count). The lowest BCUT2D eigenvalue weighted by Gasteiger charge is -2.31. The highest BCUT2D eigenvalue weighted by atomic mass is 16.5. The molecule has 5 heteroatoms. The second-order valence-electron chi connectivity index (χ2n) is 6.40. The summed E-state index contributed by atoms with van der Waals surface area (Å²) in [5.41, 5.74) is 2.56. The monoisotopic (exact) mass is 325 g/mol. The van der Waals surface area contributed by atoms with Crippen molar-refractivity contribution in [1.29, 1.82) is 5.26 Å². The molecule has 1 aliphatic rings. The normalized spacial score (nSPS) is 16.7. The standard InChI is InChI=1S/C19H23N3O2/c1-13-2-3-18-16(10-13)15(12-20)11-19(22-18)21-17(4-7-23)14-5-8-24-9-6-14/h2-3,10-11,14,17,23H,4-9H2,1H3,(H,21,22). The Kier molecular flexibility index (Phi) is 5.29. The first-order valence-electron chi connectivity index (χ1n) is 8.48. The van der Waals surface area contributed by atoms with Crippen LogP contribution in [0.4, 0.5) is 5.82 Å². The molecule has 1 saturated heterocycles. The molecule has 2 heterocycles. The quantitative estimate of drug-likeness (QED) is 0.883. The molecule has 0 spiro atoms. The van der Waals surface area contributed by atoms with Crippen LogP contribution in [0.1, 0.15) is 30.4 Å². The predicted molar refractivity (Wildman–Crippen MR) is 93.9 cm³/mol. The zero-order chi connectivity index (χ0) is 16.9. The molecule has 1 unspecified atom stereocenters. The van der Waals surface area contributed by atoms with Crippen molar-refractivity contribution in [3.63, 3.8) is 0 Å². The van der Waals surface area contributed by atoms with Crippen molar-refractivity contribution in [3.8, 4) is 6.07 Å². The zero-order valence-electron chi connectivity index (χ0n) is 14.0. The molecule has 0 radical (unpaired) electrons. The van der Waals surface area contributed by atoms with E-state index in [4.69, 9.17) is 4.74 Å². The number of anilines is 1. The molecule has 2 N–H and O–H groups in total. The van der Waals surface area contributed by atoms with Gasteiger partial charge in [-0.15, -0.1) is 0 Å². The minimum Gasteiger partial charge on any atom is -0.396 e. The van der Waals surface area contributed by atoms with E-state index >= 15 is 0 Å². The Morgan fingerprint density at radius 3 is 2.88 bits per heavy atom. The summed E-state index contributed by atoms with van der Waals surface area (Å²) in [4.78, 5) is 4.67. The summed E-state index contributed by atoms with van der Waals surface area (Å²) in [6.07, 6.45) is 2.63. The van der Waals surface area contributed by atoms with Crippen molar-refractivity contribution in [2.24, 2.45) is 5.92 Å². The van der Waals surface area contributed by atoms with E-state index in [-0.39, 0.29) is 12.6 Å². The number of hydrogen-bond donors (Lipinski definition) is 2. The van der Waals surface area contributed by atoms with Crippen LogP contribution in [0.3, 0.4) is 0 Å². The van der Waals surface area contributed by atoms with Crippen molar-refractivity contribution in [1.82, 2.24) is 4.98 Å². The van der Waals surface area contributed by atoms with Crippen LogP contribution in [0, 0.1) is 24.2 Å². The molecule has 1 aliphatic heterocycles. The largest absolute Gasteiger partial charge is 0.396 e. The van der Waals surface area contributed by atoms with Crippen LogP contribution in [0.5, 0.6) is 0 Å². The van der Waals surface area contributed by atoms with Crippen LogP contribution in [-0.2, 0) is 4.74 Å². The maximum absolute atomic E-state index is 9.48. The second kappa shape index (κ2) is 7.61. The number of rotatable bonds is 5. The average Bonchev–Trinajstić information content (AvgIpc) is 2.61. The molecule has 2 aromatic rings. The lowest BCUT2D eigenvalue weighted by molar-refractivity contribution is 0.0577. The van der Waals surface area contributed by atoms with E-state index in [0.29, 0.717) is 23.7 Å². The van der Waals surface area contributed by atoms with Crippen LogP contribution in [0.15, 0.2) is 24.3 Å². The zero-order valence-corrected chi connectivity index (χ0v) is 14.0. The van der Waals surface area contributed by atoms with Crippen molar-refractivity contribution in [2.75, 3.05) is 25.1 Å². The van der Waals surface area contributed by atoms with Crippen molar-refractivity contribution >= 4 is 16.7 Å². The summed E-state index contributed by atoms with van der Waals surface area (Å²) < 4.78 is 5.43. The number of aryl methyl sites for hydroxylation is 1. The third kappa shape index (κ3) is 3.66. The number of aliphatic hydroxyl groups is 1. The average molecular weight is 325 g/mol.